The van der Waals surface area contributed by atoms with Crippen LogP contribution in [0.15, 0.2) is 24.3 Å². The normalized spacial score (nSPS) is 29.1. The number of unbranched alkanes of at least 4 members (excludes halogenated alkanes) is 3. The molecule has 1 rings (SSSR count). The van der Waals surface area contributed by atoms with Crippen LogP contribution in [0.2, 0.25) is 0 Å². The van der Waals surface area contributed by atoms with Gasteiger partial charge in [-0.15, -0.1) is 11.6 Å². The fourth-order valence-corrected chi connectivity index (χ4v) is 4.09. The highest BCUT2D eigenvalue weighted by molar-refractivity contribution is 6.21. The SMILES string of the molecule is CCCC/C=C\C[C@@H]1[C@@H](/C=C/[C@@H](O)C(C)(C)CCCC)[C@H](O)C[C@H]1Cl. The fourth-order valence-electron chi connectivity index (χ4n) is 3.63. The van der Waals surface area contributed by atoms with Crippen molar-refractivity contribution < 1.29 is 10.2 Å². The molecule has 0 amide bonds. The first-order chi connectivity index (χ1) is 11.8. The summed E-state index contributed by atoms with van der Waals surface area (Å²) in [6.45, 7) is 8.60. The lowest BCUT2D eigenvalue weighted by Crippen LogP contribution is -2.28. The van der Waals surface area contributed by atoms with Crippen LogP contribution in [0.5, 0.6) is 0 Å². The van der Waals surface area contributed by atoms with Crippen LogP contribution < -0.4 is 0 Å². The van der Waals surface area contributed by atoms with Gasteiger partial charge in [0.2, 0.25) is 0 Å². The molecule has 0 aromatic heterocycles. The lowest BCUT2D eigenvalue weighted by atomic mass is 9.80. The van der Waals surface area contributed by atoms with Gasteiger partial charge >= 0.3 is 0 Å². The lowest BCUT2D eigenvalue weighted by molar-refractivity contribution is 0.0798. The Balaban J connectivity index is 2.67. The summed E-state index contributed by atoms with van der Waals surface area (Å²) in [5.41, 5.74) is -0.133. The predicted molar refractivity (Wildman–Crippen MR) is 109 cm³/mol. The van der Waals surface area contributed by atoms with Crippen LogP contribution in [0.1, 0.15) is 79.1 Å². The van der Waals surface area contributed by atoms with Crippen molar-refractivity contribution in [3.05, 3.63) is 24.3 Å². The number of aliphatic hydroxyl groups is 2. The summed E-state index contributed by atoms with van der Waals surface area (Å²) < 4.78 is 0. The minimum Gasteiger partial charge on any atom is -0.392 e. The second kappa shape index (κ2) is 11.4. The van der Waals surface area contributed by atoms with Gasteiger partial charge in [-0.25, -0.2) is 0 Å². The van der Waals surface area contributed by atoms with E-state index in [1.165, 1.54) is 12.8 Å². The fraction of sp³-hybridized carbons (Fsp3) is 0.818. The first kappa shape index (κ1) is 22.7. The van der Waals surface area contributed by atoms with Crippen LogP contribution in [0.3, 0.4) is 0 Å². The van der Waals surface area contributed by atoms with E-state index in [2.05, 4.69) is 39.8 Å². The van der Waals surface area contributed by atoms with Crippen molar-refractivity contribution in [2.75, 3.05) is 0 Å². The summed E-state index contributed by atoms with van der Waals surface area (Å²) in [4.78, 5) is 0. The molecule has 0 saturated heterocycles. The predicted octanol–water partition coefficient (Wildman–Crippen LogP) is 5.86. The molecule has 0 spiro atoms. The van der Waals surface area contributed by atoms with Gasteiger partial charge in [0.15, 0.2) is 0 Å². The largest absolute Gasteiger partial charge is 0.392 e. The van der Waals surface area contributed by atoms with Crippen molar-refractivity contribution >= 4 is 11.6 Å². The van der Waals surface area contributed by atoms with E-state index in [0.29, 0.717) is 6.42 Å². The third kappa shape index (κ3) is 7.45. The quantitative estimate of drug-likeness (QED) is 0.271. The Morgan fingerprint density at radius 3 is 2.48 bits per heavy atom. The van der Waals surface area contributed by atoms with Gasteiger partial charge in [-0.1, -0.05) is 77.7 Å². The van der Waals surface area contributed by atoms with Crippen molar-refractivity contribution in [1.82, 2.24) is 0 Å². The molecule has 1 fully saturated rings. The average Bonchev–Trinajstić information content (AvgIpc) is 2.83. The summed E-state index contributed by atoms with van der Waals surface area (Å²) in [5.74, 6) is 0.284. The molecule has 0 aromatic carbocycles. The second-order valence-electron chi connectivity index (χ2n) is 8.33. The number of hydrogen-bond donors (Lipinski definition) is 2. The van der Waals surface area contributed by atoms with Crippen LogP contribution in [-0.4, -0.2) is 27.8 Å². The zero-order valence-electron chi connectivity index (χ0n) is 16.6. The van der Waals surface area contributed by atoms with E-state index in [4.69, 9.17) is 11.6 Å². The van der Waals surface area contributed by atoms with Crippen LogP contribution in [0.25, 0.3) is 0 Å². The Morgan fingerprint density at radius 2 is 1.84 bits per heavy atom. The summed E-state index contributed by atoms with van der Waals surface area (Å²) in [6.07, 6.45) is 15.8. The zero-order chi connectivity index (χ0) is 18.9. The molecule has 0 aromatic rings. The van der Waals surface area contributed by atoms with Gasteiger partial charge in [0.1, 0.15) is 0 Å². The van der Waals surface area contributed by atoms with Gasteiger partial charge < -0.3 is 10.2 Å². The number of alkyl halides is 1. The van der Waals surface area contributed by atoms with Crippen LogP contribution in [-0.2, 0) is 0 Å². The van der Waals surface area contributed by atoms with Crippen molar-refractivity contribution in [2.45, 2.75) is 96.6 Å². The molecular weight excluding hydrogens is 332 g/mol. The maximum absolute atomic E-state index is 10.6. The first-order valence-electron chi connectivity index (χ1n) is 10.2. The van der Waals surface area contributed by atoms with Crippen molar-refractivity contribution in [3.8, 4) is 0 Å². The van der Waals surface area contributed by atoms with Crippen LogP contribution in [0.4, 0.5) is 0 Å². The minimum absolute atomic E-state index is 0.00530. The molecule has 1 aliphatic carbocycles. The standard InChI is InChI=1S/C22H39ClO2/c1-5-7-9-10-11-12-17-18(20(24)16-19(17)23)13-14-21(25)22(3,4)15-8-6-2/h10-11,13-14,17-21,24-25H,5-9,12,15-16H2,1-4H3/b11-10-,14-13+/t17-,18-,19-,20-,21-/m1/s1. The monoisotopic (exact) mass is 370 g/mol. The minimum atomic E-state index is -0.485. The number of allylic oxidation sites excluding steroid dienone is 2. The van der Waals surface area contributed by atoms with E-state index >= 15 is 0 Å². The molecule has 0 unspecified atom stereocenters. The van der Waals surface area contributed by atoms with Gasteiger partial charge in [-0.05, 0) is 37.0 Å². The molecule has 1 saturated carbocycles. The molecule has 146 valence electrons. The molecular formula is C22H39ClO2. The highest BCUT2D eigenvalue weighted by Crippen LogP contribution is 2.40. The van der Waals surface area contributed by atoms with E-state index in [0.717, 1.165) is 32.1 Å². The Hall–Kier alpha value is -0.310. The van der Waals surface area contributed by atoms with Gasteiger partial charge in [0.25, 0.3) is 0 Å². The van der Waals surface area contributed by atoms with E-state index in [1.807, 2.05) is 12.2 Å². The molecule has 0 radical (unpaired) electrons. The molecule has 1 aliphatic rings. The highest BCUT2D eigenvalue weighted by Gasteiger charge is 2.39. The summed E-state index contributed by atoms with van der Waals surface area (Å²) >= 11 is 6.49. The van der Waals surface area contributed by atoms with Gasteiger partial charge in [0, 0.05) is 11.3 Å². The van der Waals surface area contributed by atoms with Crippen LogP contribution in [0, 0.1) is 17.3 Å². The Bertz CT molecular complexity index is 416. The first-order valence-corrected chi connectivity index (χ1v) is 10.6. The number of aliphatic hydroxyl groups excluding tert-OH is 2. The lowest BCUT2D eigenvalue weighted by Gasteiger charge is -2.29. The van der Waals surface area contributed by atoms with E-state index in [1.54, 1.807) is 0 Å². The number of hydrogen-bond acceptors (Lipinski definition) is 2. The van der Waals surface area contributed by atoms with Crippen LogP contribution >= 0.6 is 11.6 Å². The Morgan fingerprint density at radius 1 is 1.16 bits per heavy atom. The van der Waals surface area contributed by atoms with Gasteiger partial charge in [0.05, 0.1) is 12.2 Å². The summed E-state index contributed by atoms with van der Waals surface area (Å²) in [7, 11) is 0. The maximum Gasteiger partial charge on any atom is 0.0771 e. The maximum atomic E-state index is 10.6. The van der Waals surface area contributed by atoms with Gasteiger partial charge in [-0.2, -0.15) is 0 Å². The Kier molecular flexibility index (Phi) is 10.4. The zero-order valence-corrected chi connectivity index (χ0v) is 17.4. The molecule has 0 heterocycles. The van der Waals surface area contributed by atoms with Crippen molar-refractivity contribution in [1.29, 1.82) is 0 Å². The summed E-state index contributed by atoms with van der Waals surface area (Å²) in [6, 6.07) is 0. The highest BCUT2D eigenvalue weighted by atomic mass is 35.5. The molecule has 0 aliphatic heterocycles. The molecule has 2 N–H and O–H groups in total. The Labute approximate surface area is 160 Å². The second-order valence-corrected chi connectivity index (χ2v) is 8.89. The van der Waals surface area contributed by atoms with Gasteiger partial charge in [-0.3, -0.25) is 0 Å². The van der Waals surface area contributed by atoms with Crippen molar-refractivity contribution in [2.24, 2.45) is 17.3 Å². The molecule has 3 heteroatoms. The van der Waals surface area contributed by atoms with Crippen molar-refractivity contribution in [3.63, 3.8) is 0 Å². The molecule has 25 heavy (non-hydrogen) atoms. The molecule has 5 atom stereocenters. The topological polar surface area (TPSA) is 40.5 Å². The molecule has 2 nitrogen and oxygen atoms in total. The third-order valence-corrected chi connectivity index (χ3v) is 6.16. The molecule has 0 bridgehead atoms. The number of rotatable bonds is 11. The number of halogens is 1. The smallest absolute Gasteiger partial charge is 0.0771 e. The van der Waals surface area contributed by atoms with E-state index in [-0.39, 0.29) is 22.6 Å². The third-order valence-electron chi connectivity index (χ3n) is 5.66. The summed E-state index contributed by atoms with van der Waals surface area (Å²) in [5, 5.41) is 21.0. The van der Waals surface area contributed by atoms with E-state index < -0.39 is 12.2 Å². The average molecular weight is 371 g/mol. The van der Waals surface area contributed by atoms with E-state index in [9.17, 15) is 10.2 Å².